The van der Waals surface area contributed by atoms with Crippen molar-refractivity contribution in [1.82, 2.24) is 4.57 Å². The van der Waals surface area contributed by atoms with Crippen LogP contribution in [0.25, 0.3) is 11.1 Å². The summed E-state index contributed by atoms with van der Waals surface area (Å²) < 4.78 is 16.8. The molecule has 3 aromatic rings. The van der Waals surface area contributed by atoms with Crippen LogP contribution in [0, 0.1) is 0 Å². The largest absolute Gasteiger partial charge is 0.497 e. The van der Waals surface area contributed by atoms with E-state index in [-0.39, 0.29) is 5.91 Å². The zero-order chi connectivity index (χ0) is 17.3. The molecule has 7 nitrogen and oxygen atoms in total. The predicted molar refractivity (Wildman–Crippen MR) is 89.0 cm³/mol. The van der Waals surface area contributed by atoms with E-state index in [2.05, 4.69) is 5.32 Å². The van der Waals surface area contributed by atoms with Crippen molar-refractivity contribution in [1.29, 1.82) is 0 Å². The third-order valence-corrected chi connectivity index (χ3v) is 3.66. The number of aryl methyl sites for hydroxylation is 1. The van der Waals surface area contributed by atoms with Gasteiger partial charge in [-0.15, -0.1) is 0 Å². The smallest absolute Gasteiger partial charge is 0.419 e. The third-order valence-electron chi connectivity index (χ3n) is 3.66. The first kappa shape index (κ1) is 15.7. The van der Waals surface area contributed by atoms with Gasteiger partial charge in [0.2, 0.25) is 0 Å². The van der Waals surface area contributed by atoms with Crippen molar-refractivity contribution in [2.45, 2.75) is 0 Å². The minimum Gasteiger partial charge on any atom is -0.497 e. The molecular formula is C17H16N2O5. The number of benzene rings is 2. The molecule has 1 heterocycles. The predicted octanol–water partition coefficient (Wildman–Crippen LogP) is 2.40. The van der Waals surface area contributed by atoms with Crippen LogP contribution in [0.1, 0.15) is 10.4 Å². The Hall–Kier alpha value is -3.22. The van der Waals surface area contributed by atoms with Crippen molar-refractivity contribution < 1.29 is 18.7 Å². The highest BCUT2D eigenvalue weighted by Gasteiger charge is 2.12. The minimum absolute atomic E-state index is 0.329. The Balaban J connectivity index is 1.90. The lowest BCUT2D eigenvalue weighted by molar-refractivity contribution is 0.102. The van der Waals surface area contributed by atoms with E-state index in [0.717, 1.165) is 0 Å². The molecule has 7 heteroatoms. The molecule has 0 atom stereocenters. The fourth-order valence-corrected chi connectivity index (χ4v) is 2.35. The Labute approximate surface area is 137 Å². The quantitative estimate of drug-likeness (QED) is 0.795. The van der Waals surface area contributed by atoms with Gasteiger partial charge < -0.3 is 19.2 Å². The van der Waals surface area contributed by atoms with Gasteiger partial charge in [-0.05, 0) is 24.3 Å². The summed E-state index contributed by atoms with van der Waals surface area (Å²) in [6.07, 6.45) is 0. The molecular weight excluding hydrogens is 312 g/mol. The van der Waals surface area contributed by atoms with Crippen LogP contribution in [0.5, 0.6) is 11.5 Å². The molecule has 0 unspecified atom stereocenters. The number of carbonyl (C=O) groups is 1. The second-order valence-corrected chi connectivity index (χ2v) is 5.16. The number of nitrogens with zero attached hydrogens (tertiary/aromatic N) is 1. The number of rotatable bonds is 4. The maximum absolute atomic E-state index is 12.4. The topological polar surface area (TPSA) is 82.7 Å². The number of oxazole rings is 1. The molecule has 0 bridgehead atoms. The van der Waals surface area contributed by atoms with E-state index in [9.17, 15) is 9.59 Å². The standard InChI is InChI=1S/C17H16N2O5/c1-19-14-5-4-11(8-15(14)24-17(19)21)18-16(20)10-6-12(22-2)9-13(7-10)23-3/h4-9H,1-3H3,(H,18,20). The van der Waals surface area contributed by atoms with Gasteiger partial charge >= 0.3 is 5.76 Å². The highest BCUT2D eigenvalue weighted by atomic mass is 16.5. The van der Waals surface area contributed by atoms with Gasteiger partial charge in [-0.1, -0.05) is 0 Å². The van der Waals surface area contributed by atoms with Crippen LogP contribution in [-0.2, 0) is 7.05 Å². The van der Waals surface area contributed by atoms with E-state index in [1.165, 1.54) is 18.8 Å². The Morgan fingerprint density at radius 3 is 2.38 bits per heavy atom. The number of amides is 1. The van der Waals surface area contributed by atoms with Gasteiger partial charge in [0.25, 0.3) is 5.91 Å². The van der Waals surface area contributed by atoms with Gasteiger partial charge in [0, 0.05) is 30.4 Å². The molecule has 124 valence electrons. The first-order chi connectivity index (χ1) is 11.5. The summed E-state index contributed by atoms with van der Waals surface area (Å²) >= 11 is 0. The van der Waals surface area contributed by atoms with Gasteiger partial charge in [0.15, 0.2) is 5.58 Å². The Bertz CT molecular complexity index is 949. The Kier molecular flexibility index (Phi) is 3.99. The van der Waals surface area contributed by atoms with Crippen molar-refractivity contribution in [2.24, 2.45) is 7.05 Å². The van der Waals surface area contributed by atoms with Crippen LogP contribution in [0.3, 0.4) is 0 Å². The maximum atomic E-state index is 12.4. The van der Waals surface area contributed by atoms with E-state index in [1.807, 2.05) is 0 Å². The number of carbonyl (C=O) groups excluding carboxylic acids is 1. The summed E-state index contributed by atoms with van der Waals surface area (Å²) in [6, 6.07) is 9.92. The van der Waals surface area contributed by atoms with Gasteiger partial charge in [-0.25, -0.2) is 4.79 Å². The van der Waals surface area contributed by atoms with Crippen molar-refractivity contribution in [3.63, 3.8) is 0 Å². The average Bonchev–Trinajstić information content (AvgIpc) is 2.88. The highest BCUT2D eigenvalue weighted by molar-refractivity contribution is 6.05. The molecule has 1 N–H and O–H groups in total. The number of aromatic nitrogens is 1. The lowest BCUT2D eigenvalue weighted by Crippen LogP contribution is -2.12. The molecule has 0 radical (unpaired) electrons. The molecule has 0 aliphatic carbocycles. The number of hydrogen-bond acceptors (Lipinski definition) is 5. The van der Waals surface area contributed by atoms with Crippen LogP contribution >= 0.6 is 0 Å². The summed E-state index contributed by atoms with van der Waals surface area (Å²) in [6.45, 7) is 0. The number of hydrogen-bond donors (Lipinski definition) is 1. The van der Waals surface area contributed by atoms with Crippen molar-refractivity contribution in [3.8, 4) is 11.5 Å². The minimum atomic E-state index is -0.453. The average molecular weight is 328 g/mol. The summed E-state index contributed by atoms with van der Waals surface area (Å²) in [7, 11) is 4.65. The fourth-order valence-electron chi connectivity index (χ4n) is 2.35. The molecule has 0 saturated carbocycles. The highest BCUT2D eigenvalue weighted by Crippen LogP contribution is 2.24. The first-order valence-corrected chi connectivity index (χ1v) is 7.16. The number of methoxy groups -OCH3 is 2. The van der Waals surface area contributed by atoms with Crippen LogP contribution in [-0.4, -0.2) is 24.7 Å². The monoisotopic (exact) mass is 328 g/mol. The van der Waals surface area contributed by atoms with Gasteiger partial charge in [0.05, 0.1) is 19.7 Å². The van der Waals surface area contributed by atoms with Crippen LogP contribution in [0.4, 0.5) is 5.69 Å². The van der Waals surface area contributed by atoms with Gasteiger partial charge in [0.1, 0.15) is 11.5 Å². The molecule has 0 fully saturated rings. The maximum Gasteiger partial charge on any atom is 0.419 e. The molecule has 24 heavy (non-hydrogen) atoms. The summed E-state index contributed by atoms with van der Waals surface area (Å²) in [5.74, 6) is 0.254. The fraction of sp³-hybridized carbons (Fsp3) is 0.176. The molecule has 0 aliphatic heterocycles. The Morgan fingerprint density at radius 1 is 1.08 bits per heavy atom. The third kappa shape index (κ3) is 2.83. The molecule has 3 rings (SSSR count). The van der Waals surface area contributed by atoms with E-state index in [0.29, 0.717) is 33.8 Å². The lowest BCUT2D eigenvalue weighted by Gasteiger charge is -2.09. The second-order valence-electron chi connectivity index (χ2n) is 5.16. The summed E-state index contributed by atoms with van der Waals surface area (Å²) in [4.78, 5) is 24.0. The molecule has 1 aromatic heterocycles. The summed E-state index contributed by atoms with van der Waals surface area (Å²) in [5.41, 5.74) is 1.97. The summed E-state index contributed by atoms with van der Waals surface area (Å²) in [5, 5.41) is 2.76. The van der Waals surface area contributed by atoms with Gasteiger partial charge in [-0.3, -0.25) is 9.36 Å². The number of fused-ring (bicyclic) bond motifs is 1. The lowest BCUT2D eigenvalue weighted by atomic mass is 10.1. The van der Waals surface area contributed by atoms with Crippen molar-refractivity contribution >= 4 is 22.7 Å². The van der Waals surface area contributed by atoms with E-state index >= 15 is 0 Å². The molecule has 0 aliphatic rings. The molecule has 2 aromatic carbocycles. The van der Waals surface area contributed by atoms with Gasteiger partial charge in [-0.2, -0.15) is 0 Å². The zero-order valence-electron chi connectivity index (χ0n) is 13.5. The van der Waals surface area contributed by atoms with Crippen molar-refractivity contribution in [3.05, 3.63) is 52.5 Å². The Morgan fingerprint density at radius 2 is 1.75 bits per heavy atom. The van der Waals surface area contributed by atoms with E-state index in [4.69, 9.17) is 13.9 Å². The van der Waals surface area contributed by atoms with E-state index < -0.39 is 5.76 Å². The van der Waals surface area contributed by atoms with E-state index in [1.54, 1.807) is 43.4 Å². The number of nitrogens with one attached hydrogen (secondary N) is 1. The number of ether oxygens (including phenoxy) is 2. The number of anilines is 1. The SMILES string of the molecule is COc1cc(OC)cc(C(=O)Nc2ccc3c(c2)oc(=O)n3C)c1. The normalized spacial score (nSPS) is 10.6. The van der Waals surface area contributed by atoms with Crippen LogP contribution in [0.2, 0.25) is 0 Å². The molecule has 1 amide bonds. The second kappa shape index (κ2) is 6.11. The van der Waals surface area contributed by atoms with Crippen molar-refractivity contribution in [2.75, 3.05) is 19.5 Å². The zero-order valence-corrected chi connectivity index (χ0v) is 13.5. The first-order valence-electron chi connectivity index (χ1n) is 7.16. The molecule has 0 saturated heterocycles. The van der Waals surface area contributed by atoms with Crippen LogP contribution in [0.15, 0.2) is 45.6 Å². The molecule has 0 spiro atoms. The van der Waals surface area contributed by atoms with Crippen LogP contribution < -0.4 is 20.5 Å².